The largest absolute Gasteiger partial charge is 0.489 e. The molecule has 1 atom stereocenters. The number of carbonyl (C=O) groups excluding carboxylic acids is 4. The summed E-state index contributed by atoms with van der Waals surface area (Å²) in [5.41, 5.74) is 10.2. The molecular formula is C28H27N5O5. The molecule has 5 amide bonds. The lowest BCUT2D eigenvalue weighted by Crippen LogP contribution is -2.52. The number of carbonyl (C=O) groups is 4. The van der Waals surface area contributed by atoms with Gasteiger partial charge in [0.1, 0.15) is 18.4 Å². The Morgan fingerprint density at radius 1 is 1.05 bits per heavy atom. The number of ether oxygens (including phenoxy) is 1. The van der Waals surface area contributed by atoms with Gasteiger partial charge in [-0.15, -0.1) is 0 Å². The highest BCUT2D eigenvalue weighted by Gasteiger charge is 2.39. The third kappa shape index (κ3) is 5.44. The van der Waals surface area contributed by atoms with Crippen LogP contribution in [0, 0.1) is 0 Å². The van der Waals surface area contributed by atoms with Gasteiger partial charge >= 0.3 is 6.03 Å². The summed E-state index contributed by atoms with van der Waals surface area (Å²) in [6.45, 7) is 0.884. The van der Waals surface area contributed by atoms with Gasteiger partial charge in [0, 0.05) is 42.0 Å². The molecule has 0 radical (unpaired) electrons. The Balaban J connectivity index is 1.12. The van der Waals surface area contributed by atoms with Crippen LogP contribution in [0.15, 0.2) is 66.7 Å². The number of hydrogen-bond acceptors (Lipinski definition) is 6. The van der Waals surface area contributed by atoms with Gasteiger partial charge in [0.25, 0.3) is 5.91 Å². The van der Waals surface area contributed by atoms with E-state index in [1.54, 1.807) is 36.4 Å². The molecule has 3 aromatic carbocycles. The molecule has 38 heavy (non-hydrogen) atoms. The summed E-state index contributed by atoms with van der Waals surface area (Å²) in [4.78, 5) is 50.4. The Hall–Kier alpha value is -4.86. The minimum Gasteiger partial charge on any atom is -0.489 e. The van der Waals surface area contributed by atoms with Crippen LogP contribution < -0.4 is 26.4 Å². The molecule has 2 heterocycles. The van der Waals surface area contributed by atoms with Crippen LogP contribution in [0.4, 0.5) is 16.2 Å². The van der Waals surface area contributed by atoms with E-state index in [1.807, 2.05) is 30.3 Å². The van der Waals surface area contributed by atoms with Crippen LogP contribution in [0.5, 0.6) is 5.75 Å². The summed E-state index contributed by atoms with van der Waals surface area (Å²) in [6, 6.07) is 18.8. The predicted octanol–water partition coefficient (Wildman–Crippen LogP) is 2.93. The van der Waals surface area contributed by atoms with Crippen LogP contribution in [0.2, 0.25) is 0 Å². The second-order valence-electron chi connectivity index (χ2n) is 9.21. The van der Waals surface area contributed by atoms with Gasteiger partial charge in [0.05, 0.1) is 0 Å². The molecule has 1 fully saturated rings. The number of para-hydroxylation sites is 1. The highest BCUT2D eigenvalue weighted by molar-refractivity contribution is 6.05. The number of benzene rings is 3. The van der Waals surface area contributed by atoms with E-state index in [0.717, 1.165) is 16.7 Å². The van der Waals surface area contributed by atoms with Gasteiger partial charge < -0.3 is 26.0 Å². The van der Waals surface area contributed by atoms with Gasteiger partial charge in [-0.2, -0.15) is 0 Å². The fourth-order valence-corrected chi connectivity index (χ4v) is 4.56. The number of amides is 5. The Bertz CT molecular complexity index is 1400. The Kier molecular flexibility index (Phi) is 6.94. The molecule has 2 aliphatic heterocycles. The first-order valence-corrected chi connectivity index (χ1v) is 12.2. The average molecular weight is 514 g/mol. The molecule has 10 nitrogen and oxygen atoms in total. The molecule has 0 aliphatic carbocycles. The quantitative estimate of drug-likeness (QED) is 0.283. The molecular weight excluding hydrogens is 486 g/mol. The van der Waals surface area contributed by atoms with Gasteiger partial charge in [-0.05, 0) is 53.9 Å². The monoisotopic (exact) mass is 513 g/mol. The number of nitrogens with one attached hydrogen (secondary N) is 3. The number of piperidine rings is 1. The van der Waals surface area contributed by atoms with Gasteiger partial charge in [-0.3, -0.25) is 19.7 Å². The van der Waals surface area contributed by atoms with Crippen molar-refractivity contribution in [2.24, 2.45) is 0 Å². The maximum atomic E-state index is 12.8. The smallest absolute Gasteiger partial charge is 0.319 e. The minimum atomic E-state index is -0.659. The molecule has 5 N–H and O–H groups in total. The van der Waals surface area contributed by atoms with Crippen LogP contribution in [-0.2, 0) is 29.3 Å². The fourth-order valence-electron chi connectivity index (χ4n) is 4.56. The van der Waals surface area contributed by atoms with Crippen molar-refractivity contribution in [3.8, 4) is 5.75 Å². The summed E-state index contributed by atoms with van der Waals surface area (Å²) >= 11 is 0. The van der Waals surface area contributed by atoms with Crippen molar-refractivity contribution in [3.63, 3.8) is 0 Å². The summed E-state index contributed by atoms with van der Waals surface area (Å²) in [7, 11) is 0. The highest BCUT2D eigenvalue weighted by Crippen LogP contribution is 2.28. The van der Waals surface area contributed by atoms with Crippen molar-refractivity contribution in [2.75, 3.05) is 11.1 Å². The standard InChI is InChI=1S/C28H27N5O5/c29-23-4-2-1-3-18(23)16-38-21-8-6-20(7-9-21)31-28(37)30-14-17-5-10-22-19(13-17)15-33(27(22)36)24-11-12-25(34)32-26(24)35/h1-10,13,24H,11-12,14-16,29H2,(H2,30,31,37)(H,32,34,35). The molecule has 10 heteroatoms. The van der Waals surface area contributed by atoms with Crippen molar-refractivity contribution >= 4 is 35.1 Å². The molecule has 1 saturated heterocycles. The molecule has 194 valence electrons. The zero-order chi connectivity index (χ0) is 26.6. The maximum absolute atomic E-state index is 12.8. The first kappa shape index (κ1) is 24.8. The summed E-state index contributed by atoms with van der Waals surface area (Å²) in [6.07, 6.45) is 0.521. The van der Waals surface area contributed by atoms with Crippen molar-refractivity contribution in [3.05, 3.63) is 89.0 Å². The first-order chi connectivity index (χ1) is 18.4. The van der Waals surface area contributed by atoms with Crippen LogP contribution >= 0.6 is 0 Å². The summed E-state index contributed by atoms with van der Waals surface area (Å²) in [5, 5.41) is 7.89. The third-order valence-electron chi connectivity index (χ3n) is 6.60. The molecule has 0 aromatic heterocycles. The second-order valence-corrected chi connectivity index (χ2v) is 9.21. The number of nitrogens with two attached hydrogens (primary N) is 1. The average Bonchev–Trinajstić information content (AvgIpc) is 3.23. The van der Waals surface area contributed by atoms with Crippen LogP contribution in [0.1, 0.15) is 39.9 Å². The summed E-state index contributed by atoms with van der Waals surface area (Å²) in [5.74, 6) is -0.342. The SMILES string of the molecule is Nc1ccccc1COc1ccc(NC(=O)NCc2ccc3c(c2)CN(C2CCC(=O)NC2=O)C3=O)cc1. The van der Waals surface area contributed by atoms with Crippen LogP contribution in [0.25, 0.3) is 0 Å². The van der Waals surface area contributed by atoms with E-state index < -0.39 is 11.9 Å². The highest BCUT2D eigenvalue weighted by atomic mass is 16.5. The summed E-state index contributed by atoms with van der Waals surface area (Å²) < 4.78 is 5.77. The molecule has 0 bridgehead atoms. The first-order valence-electron chi connectivity index (χ1n) is 12.2. The number of anilines is 2. The van der Waals surface area contributed by atoms with Gasteiger partial charge in [-0.1, -0.05) is 30.3 Å². The topological polar surface area (TPSA) is 143 Å². The zero-order valence-corrected chi connectivity index (χ0v) is 20.5. The molecule has 3 aromatic rings. The molecule has 1 unspecified atom stereocenters. The van der Waals surface area contributed by atoms with E-state index in [9.17, 15) is 19.2 Å². The predicted molar refractivity (Wildman–Crippen MR) is 140 cm³/mol. The third-order valence-corrected chi connectivity index (χ3v) is 6.60. The second kappa shape index (κ2) is 10.6. The molecule has 0 spiro atoms. The van der Waals surface area contributed by atoms with E-state index in [4.69, 9.17) is 10.5 Å². The number of fused-ring (bicyclic) bond motifs is 1. The van der Waals surface area contributed by atoms with E-state index in [-0.39, 0.29) is 37.4 Å². The lowest BCUT2D eigenvalue weighted by Gasteiger charge is -2.29. The van der Waals surface area contributed by atoms with Crippen molar-refractivity contribution < 1.29 is 23.9 Å². The molecule has 0 saturated carbocycles. The van der Waals surface area contributed by atoms with E-state index in [0.29, 0.717) is 35.7 Å². The molecule has 5 rings (SSSR count). The van der Waals surface area contributed by atoms with E-state index in [1.165, 1.54) is 4.90 Å². The molecule has 2 aliphatic rings. The van der Waals surface area contributed by atoms with Gasteiger partial charge in [-0.25, -0.2) is 4.79 Å². The van der Waals surface area contributed by atoms with Crippen LogP contribution in [0.3, 0.4) is 0 Å². The van der Waals surface area contributed by atoms with E-state index in [2.05, 4.69) is 16.0 Å². The number of urea groups is 1. The number of nitrogen functional groups attached to an aromatic ring is 1. The Morgan fingerprint density at radius 3 is 2.61 bits per heavy atom. The minimum absolute atomic E-state index is 0.208. The normalized spacial score (nSPS) is 16.6. The number of rotatable bonds is 7. The van der Waals surface area contributed by atoms with Crippen molar-refractivity contribution in [1.82, 2.24) is 15.5 Å². The Labute approximate surface area is 219 Å². The van der Waals surface area contributed by atoms with Crippen LogP contribution in [-0.4, -0.2) is 34.7 Å². The van der Waals surface area contributed by atoms with E-state index >= 15 is 0 Å². The maximum Gasteiger partial charge on any atom is 0.319 e. The van der Waals surface area contributed by atoms with Gasteiger partial charge in [0.2, 0.25) is 11.8 Å². The zero-order valence-electron chi connectivity index (χ0n) is 20.5. The number of imide groups is 1. The van der Waals surface area contributed by atoms with Crippen molar-refractivity contribution in [1.29, 1.82) is 0 Å². The Morgan fingerprint density at radius 2 is 1.84 bits per heavy atom. The van der Waals surface area contributed by atoms with Crippen molar-refractivity contribution in [2.45, 2.75) is 38.6 Å². The lowest BCUT2D eigenvalue weighted by molar-refractivity contribution is -0.136. The lowest BCUT2D eigenvalue weighted by atomic mass is 10.0. The number of hydrogen-bond donors (Lipinski definition) is 4. The fraction of sp³-hybridized carbons (Fsp3) is 0.214. The number of nitrogens with zero attached hydrogens (tertiary/aromatic N) is 1. The van der Waals surface area contributed by atoms with Gasteiger partial charge in [0.15, 0.2) is 0 Å².